The van der Waals surface area contributed by atoms with E-state index in [2.05, 4.69) is 13.8 Å². The normalized spacial score (nSPS) is 12.3. The zero-order chi connectivity index (χ0) is 20.0. The van der Waals surface area contributed by atoms with Gasteiger partial charge in [-0.2, -0.15) is 0 Å². The van der Waals surface area contributed by atoms with Gasteiger partial charge < -0.3 is 9.47 Å². The number of hydrogen-bond donors (Lipinski definition) is 0. The molecule has 27 heavy (non-hydrogen) atoms. The van der Waals surface area contributed by atoms with Crippen molar-refractivity contribution >= 4 is 5.97 Å². The van der Waals surface area contributed by atoms with Crippen molar-refractivity contribution < 1.29 is 14.3 Å². The largest absolute Gasteiger partial charge is 0.436 e. The third kappa shape index (κ3) is 20.0. The lowest BCUT2D eigenvalue weighted by Gasteiger charge is -2.16. The Morgan fingerprint density at radius 3 is 1.48 bits per heavy atom. The molecule has 1 atom stereocenters. The van der Waals surface area contributed by atoms with Crippen LogP contribution in [0.5, 0.6) is 0 Å². The van der Waals surface area contributed by atoms with Gasteiger partial charge in [-0.25, -0.2) is 0 Å². The second-order valence-electron chi connectivity index (χ2n) is 7.86. The van der Waals surface area contributed by atoms with Crippen LogP contribution in [0.25, 0.3) is 0 Å². The van der Waals surface area contributed by atoms with Crippen LogP contribution in [-0.2, 0) is 14.3 Å². The fourth-order valence-electron chi connectivity index (χ4n) is 3.44. The molecule has 0 N–H and O–H groups in total. The molecule has 0 aromatic carbocycles. The second kappa shape index (κ2) is 21.7. The lowest BCUT2D eigenvalue weighted by Crippen LogP contribution is -2.21. The first-order valence-corrected chi connectivity index (χ1v) is 12.1. The minimum Gasteiger partial charge on any atom is -0.436 e. The molecule has 0 radical (unpaired) electrons. The van der Waals surface area contributed by atoms with Gasteiger partial charge in [0.15, 0.2) is 0 Å². The molecule has 0 aliphatic rings. The number of hydrogen-bond acceptors (Lipinski definition) is 3. The molecule has 162 valence electrons. The highest BCUT2D eigenvalue weighted by molar-refractivity contribution is 5.69. The van der Waals surface area contributed by atoms with E-state index in [9.17, 15) is 4.79 Å². The molecule has 0 aromatic heterocycles. The van der Waals surface area contributed by atoms with Gasteiger partial charge in [-0.15, -0.1) is 0 Å². The van der Waals surface area contributed by atoms with Crippen molar-refractivity contribution in [1.82, 2.24) is 0 Å². The summed E-state index contributed by atoms with van der Waals surface area (Å²) >= 11 is 0. The summed E-state index contributed by atoms with van der Waals surface area (Å²) in [5.41, 5.74) is 0. The molecule has 0 amide bonds. The van der Waals surface area contributed by atoms with Gasteiger partial charge in [-0.1, -0.05) is 110 Å². The molecule has 1 unspecified atom stereocenters. The predicted octanol–water partition coefficient (Wildman–Crippen LogP) is 7.95. The molecular formula is C24H48O3. The Labute approximate surface area is 170 Å². The third-order valence-electron chi connectivity index (χ3n) is 5.12. The minimum absolute atomic E-state index is 0.100. The van der Waals surface area contributed by atoms with Crippen LogP contribution < -0.4 is 0 Å². The number of rotatable bonds is 21. The first-order valence-electron chi connectivity index (χ1n) is 12.1. The number of esters is 1. The fraction of sp³-hybridized carbons (Fsp3) is 0.958. The molecule has 0 saturated heterocycles. The van der Waals surface area contributed by atoms with Gasteiger partial charge in [-0.05, 0) is 13.3 Å². The van der Waals surface area contributed by atoms with E-state index in [1.54, 1.807) is 0 Å². The van der Waals surface area contributed by atoms with Crippen molar-refractivity contribution in [2.45, 2.75) is 143 Å². The lowest BCUT2D eigenvalue weighted by molar-refractivity contribution is -0.179. The van der Waals surface area contributed by atoms with Crippen LogP contribution in [0.1, 0.15) is 136 Å². The Kier molecular flexibility index (Phi) is 21.3. The van der Waals surface area contributed by atoms with E-state index in [1.807, 2.05) is 6.92 Å². The van der Waals surface area contributed by atoms with Gasteiger partial charge in [0.05, 0.1) is 0 Å². The SMILES string of the molecule is CCCCCCCCCCCCCCCCCC(=O)OC(CCC)OCC. The van der Waals surface area contributed by atoms with Crippen LogP contribution in [0.2, 0.25) is 0 Å². The first kappa shape index (κ1) is 26.4. The van der Waals surface area contributed by atoms with Crippen LogP contribution >= 0.6 is 0 Å². The Morgan fingerprint density at radius 1 is 0.630 bits per heavy atom. The predicted molar refractivity (Wildman–Crippen MR) is 116 cm³/mol. The highest BCUT2D eigenvalue weighted by atomic mass is 16.7. The molecule has 0 saturated carbocycles. The summed E-state index contributed by atoms with van der Waals surface area (Å²) in [6, 6.07) is 0. The fourth-order valence-corrected chi connectivity index (χ4v) is 3.44. The lowest BCUT2D eigenvalue weighted by atomic mass is 10.0. The monoisotopic (exact) mass is 384 g/mol. The van der Waals surface area contributed by atoms with Crippen LogP contribution in [0.15, 0.2) is 0 Å². The van der Waals surface area contributed by atoms with Gasteiger partial charge >= 0.3 is 5.97 Å². The summed E-state index contributed by atoms with van der Waals surface area (Å²) in [5.74, 6) is -0.100. The second-order valence-corrected chi connectivity index (χ2v) is 7.86. The van der Waals surface area contributed by atoms with Gasteiger partial charge in [0, 0.05) is 19.4 Å². The summed E-state index contributed by atoms with van der Waals surface area (Å²) in [7, 11) is 0. The number of ether oxygens (including phenoxy) is 2. The van der Waals surface area contributed by atoms with E-state index >= 15 is 0 Å². The molecule has 0 aromatic rings. The van der Waals surface area contributed by atoms with E-state index in [-0.39, 0.29) is 12.3 Å². The van der Waals surface area contributed by atoms with Crippen molar-refractivity contribution in [2.24, 2.45) is 0 Å². The topological polar surface area (TPSA) is 35.5 Å². The van der Waals surface area contributed by atoms with Crippen LogP contribution in [-0.4, -0.2) is 18.9 Å². The highest BCUT2D eigenvalue weighted by Gasteiger charge is 2.12. The molecule has 3 heteroatoms. The van der Waals surface area contributed by atoms with E-state index in [4.69, 9.17) is 9.47 Å². The van der Waals surface area contributed by atoms with E-state index in [0.717, 1.165) is 25.7 Å². The van der Waals surface area contributed by atoms with Gasteiger partial charge in [-0.3, -0.25) is 4.79 Å². The summed E-state index contributed by atoms with van der Waals surface area (Å²) in [6.07, 6.45) is 22.1. The molecule has 0 heterocycles. The molecule has 0 aliphatic heterocycles. The zero-order valence-corrected chi connectivity index (χ0v) is 18.7. The average Bonchev–Trinajstić information content (AvgIpc) is 2.65. The smallest absolute Gasteiger partial charge is 0.308 e. The van der Waals surface area contributed by atoms with Gasteiger partial charge in [0.1, 0.15) is 0 Å². The molecule has 3 nitrogen and oxygen atoms in total. The first-order chi connectivity index (χ1) is 13.2. The number of unbranched alkanes of at least 4 members (excludes halogenated alkanes) is 14. The van der Waals surface area contributed by atoms with Crippen molar-refractivity contribution in [3.05, 3.63) is 0 Å². The van der Waals surface area contributed by atoms with Crippen molar-refractivity contribution in [3.63, 3.8) is 0 Å². The average molecular weight is 385 g/mol. The Bertz CT molecular complexity index is 298. The van der Waals surface area contributed by atoms with Gasteiger partial charge in [0.25, 0.3) is 0 Å². The summed E-state index contributed by atoms with van der Waals surface area (Å²) in [6.45, 7) is 6.89. The molecule has 0 fully saturated rings. The zero-order valence-electron chi connectivity index (χ0n) is 18.7. The summed E-state index contributed by atoms with van der Waals surface area (Å²) < 4.78 is 10.8. The van der Waals surface area contributed by atoms with Crippen LogP contribution in [0, 0.1) is 0 Å². The molecular weight excluding hydrogens is 336 g/mol. The standard InChI is InChI=1S/C24H48O3/c1-4-7-8-9-10-11-12-13-14-15-16-17-18-19-20-22-23(25)27-24(21-5-2)26-6-3/h24H,4-22H2,1-3H3. The van der Waals surface area contributed by atoms with Crippen LogP contribution in [0.4, 0.5) is 0 Å². The van der Waals surface area contributed by atoms with E-state index < -0.39 is 0 Å². The third-order valence-corrected chi connectivity index (χ3v) is 5.12. The molecule has 0 spiro atoms. The maximum absolute atomic E-state index is 11.8. The molecule has 0 rings (SSSR count). The maximum Gasteiger partial charge on any atom is 0.308 e. The van der Waals surface area contributed by atoms with Crippen molar-refractivity contribution in [3.8, 4) is 0 Å². The Morgan fingerprint density at radius 2 is 1.07 bits per heavy atom. The minimum atomic E-state index is -0.344. The number of carbonyl (C=O) groups excluding carboxylic acids is 1. The highest BCUT2D eigenvalue weighted by Crippen LogP contribution is 2.14. The van der Waals surface area contributed by atoms with E-state index in [0.29, 0.717) is 13.0 Å². The molecule has 0 aliphatic carbocycles. The quantitative estimate of drug-likeness (QED) is 0.114. The van der Waals surface area contributed by atoms with E-state index in [1.165, 1.54) is 83.5 Å². The van der Waals surface area contributed by atoms with Crippen molar-refractivity contribution in [2.75, 3.05) is 6.61 Å². The van der Waals surface area contributed by atoms with Crippen LogP contribution in [0.3, 0.4) is 0 Å². The Balaban J connectivity index is 3.29. The summed E-state index contributed by atoms with van der Waals surface area (Å²) in [4.78, 5) is 11.8. The number of carbonyl (C=O) groups is 1. The maximum atomic E-state index is 11.8. The molecule has 0 bridgehead atoms. The van der Waals surface area contributed by atoms with Gasteiger partial charge in [0.2, 0.25) is 6.29 Å². The van der Waals surface area contributed by atoms with Crippen molar-refractivity contribution in [1.29, 1.82) is 0 Å². The summed E-state index contributed by atoms with van der Waals surface area (Å²) in [5, 5.41) is 0. The Hall–Kier alpha value is -0.570.